The summed E-state index contributed by atoms with van der Waals surface area (Å²) in [4.78, 5) is 13.9. The zero-order valence-corrected chi connectivity index (χ0v) is 25.7. The summed E-state index contributed by atoms with van der Waals surface area (Å²) in [6, 6.07) is 6.14. The number of hydrogen-bond donors (Lipinski definition) is 2. The van der Waals surface area contributed by atoms with Gasteiger partial charge in [-0.25, -0.2) is 12.8 Å². The van der Waals surface area contributed by atoms with Crippen LogP contribution in [0.25, 0.3) is 0 Å². The van der Waals surface area contributed by atoms with Crippen LogP contribution in [0, 0.1) is 23.6 Å². The van der Waals surface area contributed by atoms with Gasteiger partial charge in [0.1, 0.15) is 11.6 Å². The Hall–Kier alpha value is -1.39. The van der Waals surface area contributed by atoms with E-state index in [1.807, 2.05) is 0 Å². The SMILES string of the molecule is C[C@@H]1CC([C@H](c2ccc(F)cc2)[C@H](N)C(=O)C[C@H]2CCCC[C@@H]2CC[C@H]2CN[C@@H]3CCCS(=O)(=O)N2C3)C[C@H](C)O1. The lowest BCUT2D eigenvalue weighted by molar-refractivity contribution is -0.123. The van der Waals surface area contributed by atoms with Crippen molar-refractivity contribution in [2.75, 3.05) is 18.8 Å². The third-order valence-electron chi connectivity index (χ3n) is 10.4. The van der Waals surface area contributed by atoms with Gasteiger partial charge in [-0.05, 0) is 94.2 Å². The Balaban J connectivity index is 1.26. The van der Waals surface area contributed by atoms with Gasteiger partial charge in [-0.2, -0.15) is 4.31 Å². The maximum absolute atomic E-state index is 13.9. The standard InChI is InChI=1S/C32H50FN3O4S/c1-21-16-26(17-22(2)40-21)31(24-9-12-27(33)13-10-24)32(34)30(37)18-25-7-4-3-6-23(25)11-14-29-19-35-28-8-5-15-41(38,39)36(29)20-28/h9-10,12-13,21-23,25-26,28-29,31-32,35H,3-8,11,14-20,34H2,1-2H3/t21-,22+,23-,25-,26?,28-,29+,31+,32-/m1/s1. The molecular formula is C32H50FN3O4S. The maximum Gasteiger partial charge on any atom is 0.214 e. The first-order valence-corrected chi connectivity index (χ1v) is 17.6. The molecule has 7 nitrogen and oxygen atoms in total. The molecule has 1 aliphatic carbocycles. The molecule has 0 aromatic heterocycles. The van der Waals surface area contributed by atoms with E-state index in [1.54, 1.807) is 16.4 Å². The molecule has 3 saturated heterocycles. The minimum Gasteiger partial charge on any atom is -0.376 e. The molecule has 3 heterocycles. The van der Waals surface area contributed by atoms with Crippen LogP contribution in [0.2, 0.25) is 0 Å². The molecule has 0 amide bonds. The van der Waals surface area contributed by atoms with Gasteiger partial charge in [0.05, 0.1) is 24.0 Å². The molecule has 3 aliphatic heterocycles. The van der Waals surface area contributed by atoms with E-state index >= 15 is 0 Å². The Labute approximate surface area is 246 Å². The molecule has 4 aliphatic rings. The molecule has 3 N–H and O–H groups in total. The third kappa shape index (κ3) is 7.58. The lowest BCUT2D eigenvalue weighted by atomic mass is 9.70. The molecule has 9 heteroatoms. The number of ether oxygens (including phenoxy) is 1. The second-order valence-corrected chi connectivity index (χ2v) is 15.5. The van der Waals surface area contributed by atoms with Gasteiger partial charge in [0.25, 0.3) is 0 Å². The summed E-state index contributed by atoms with van der Waals surface area (Å²) in [6.07, 6.45) is 10.1. The van der Waals surface area contributed by atoms with Crippen molar-refractivity contribution < 1.29 is 22.3 Å². The molecular weight excluding hydrogens is 541 g/mol. The van der Waals surface area contributed by atoms with Gasteiger partial charge in [0.15, 0.2) is 0 Å². The highest BCUT2D eigenvalue weighted by atomic mass is 32.2. The Morgan fingerprint density at radius 1 is 1.05 bits per heavy atom. The molecule has 1 saturated carbocycles. The van der Waals surface area contributed by atoms with Gasteiger partial charge in [0, 0.05) is 37.5 Å². The number of fused-ring (bicyclic) bond motifs is 2. The first-order chi connectivity index (χ1) is 19.6. The number of benzene rings is 1. The summed E-state index contributed by atoms with van der Waals surface area (Å²) in [6.45, 7) is 5.45. The van der Waals surface area contributed by atoms with Crippen molar-refractivity contribution in [3.05, 3.63) is 35.6 Å². The maximum atomic E-state index is 13.9. The first-order valence-electron chi connectivity index (χ1n) is 16.0. The van der Waals surface area contributed by atoms with E-state index in [1.165, 1.54) is 12.1 Å². The van der Waals surface area contributed by atoms with Gasteiger partial charge in [-0.15, -0.1) is 0 Å². The van der Waals surface area contributed by atoms with E-state index in [4.69, 9.17) is 10.5 Å². The number of nitrogens with zero attached hydrogens (tertiary/aromatic N) is 1. The summed E-state index contributed by atoms with van der Waals surface area (Å²) in [7, 11) is -3.20. The molecule has 0 radical (unpaired) electrons. The quantitative estimate of drug-likeness (QED) is 0.430. The molecule has 1 aromatic carbocycles. The highest BCUT2D eigenvalue weighted by molar-refractivity contribution is 7.89. The van der Waals surface area contributed by atoms with E-state index < -0.39 is 16.1 Å². The topological polar surface area (TPSA) is 102 Å². The second kappa shape index (κ2) is 13.5. The van der Waals surface area contributed by atoms with Crippen molar-refractivity contribution in [2.45, 2.75) is 121 Å². The molecule has 1 aromatic rings. The number of carbonyl (C=O) groups excluding carboxylic acids is 1. The van der Waals surface area contributed by atoms with E-state index in [-0.39, 0.29) is 59.4 Å². The Morgan fingerprint density at radius 2 is 1.73 bits per heavy atom. The number of hydrogen-bond acceptors (Lipinski definition) is 6. The number of ketones is 1. The molecule has 4 fully saturated rings. The van der Waals surface area contributed by atoms with E-state index in [9.17, 15) is 17.6 Å². The highest BCUT2D eigenvalue weighted by Crippen LogP contribution is 2.41. The van der Waals surface area contributed by atoms with Crippen LogP contribution in [0.5, 0.6) is 0 Å². The molecule has 0 spiro atoms. The number of piperazine rings is 1. The number of carbonyl (C=O) groups is 1. The summed E-state index contributed by atoms with van der Waals surface area (Å²) < 4.78 is 47.5. The van der Waals surface area contributed by atoms with Crippen LogP contribution in [-0.2, 0) is 19.6 Å². The smallest absolute Gasteiger partial charge is 0.214 e. The number of nitrogens with two attached hydrogens (primary N) is 1. The third-order valence-corrected chi connectivity index (χ3v) is 12.4. The normalized spacial score (nSPS) is 37.1. The molecule has 41 heavy (non-hydrogen) atoms. The number of nitrogens with one attached hydrogen (secondary N) is 1. The number of rotatable bonds is 9. The zero-order chi connectivity index (χ0) is 29.1. The van der Waals surface area contributed by atoms with Gasteiger partial charge in [-0.1, -0.05) is 31.4 Å². The van der Waals surface area contributed by atoms with Gasteiger partial charge in [-0.3, -0.25) is 4.79 Å². The fraction of sp³-hybridized carbons (Fsp3) is 0.781. The average molecular weight is 592 g/mol. The predicted molar refractivity (Wildman–Crippen MR) is 159 cm³/mol. The minimum absolute atomic E-state index is 0.00441. The van der Waals surface area contributed by atoms with Crippen molar-refractivity contribution in [1.82, 2.24) is 9.62 Å². The van der Waals surface area contributed by atoms with E-state index in [2.05, 4.69) is 19.2 Å². The minimum atomic E-state index is -3.20. The second-order valence-electron chi connectivity index (χ2n) is 13.4. The van der Waals surface area contributed by atoms with E-state index in [0.717, 1.165) is 69.8 Å². The van der Waals surface area contributed by atoms with Crippen LogP contribution in [0.1, 0.15) is 96.0 Å². The van der Waals surface area contributed by atoms with Crippen LogP contribution in [0.4, 0.5) is 4.39 Å². The predicted octanol–water partition coefficient (Wildman–Crippen LogP) is 4.75. The van der Waals surface area contributed by atoms with Gasteiger partial charge < -0.3 is 15.8 Å². The Kier molecular flexibility index (Phi) is 10.2. The summed E-state index contributed by atoms with van der Waals surface area (Å²) in [5.74, 6) is 0.753. The Bertz CT molecular complexity index is 1120. The lowest BCUT2D eigenvalue weighted by Gasteiger charge is -2.40. The van der Waals surface area contributed by atoms with Crippen molar-refractivity contribution in [3.8, 4) is 0 Å². The monoisotopic (exact) mass is 591 g/mol. The first kappa shape index (κ1) is 31.0. The fourth-order valence-electron chi connectivity index (χ4n) is 8.39. The summed E-state index contributed by atoms with van der Waals surface area (Å²) in [5, 5.41) is 3.58. The van der Waals surface area contributed by atoms with Crippen molar-refractivity contribution in [3.63, 3.8) is 0 Å². The molecule has 5 rings (SSSR count). The van der Waals surface area contributed by atoms with Crippen LogP contribution in [-0.4, -0.2) is 67.7 Å². The zero-order valence-electron chi connectivity index (χ0n) is 24.8. The number of halogens is 1. The number of Topliss-reactive ketones (excluding diaryl/α,β-unsaturated/α-hetero) is 1. The lowest BCUT2D eigenvalue weighted by Crippen LogP contribution is -2.57. The van der Waals surface area contributed by atoms with Crippen LogP contribution in [0.15, 0.2) is 24.3 Å². The average Bonchev–Trinajstić information content (AvgIpc) is 3.04. The van der Waals surface area contributed by atoms with E-state index in [0.29, 0.717) is 25.4 Å². The molecule has 2 bridgehead atoms. The van der Waals surface area contributed by atoms with Crippen molar-refractivity contribution >= 4 is 15.8 Å². The van der Waals surface area contributed by atoms with Crippen LogP contribution in [0.3, 0.4) is 0 Å². The summed E-state index contributed by atoms with van der Waals surface area (Å²) >= 11 is 0. The Morgan fingerprint density at radius 3 is 2.44 bits per heavy atom. The van der Waals surface area contributed by atoms with Crippen molar-refractivity contribution in [1.29, 1.82) is 0 Å². The van der Waals surface area contributed by atoms with Gasteiger partial charge in [0.2, 0.25) is 10.0 Å². The number of sulfonamides is 1. The van der Waals surface area contributed by atoms with Crippen LogP contribution < -0.4 is 11.1 Å². The summed E-state index contributed by atoms with van der Waals surface area (Å²) in [5.41, 5.74) is 7.77. The molecule has 230 valence electrons. The van der Waals surface area contributed by atoms with Crippen molar-refractivity contribution in [2.24, 2.45) is 23.5 Å². The van der Waals surface area contributed by atoms with Crippen LogP contribution >= 0.6 is 0 Å². The largest absolute Gasteiger partial charge is 0.376 e. The van der Waals surface area contributed by atoms with Gasteiger partial charge >= 0.3 is 0 Å². The highest BCUT2D eigenvalue weighted by Gasteiger charge is 2.40. The molecule has 2 unspecified atom stereocenters. The molecule has 10 atom stereocenters. The fourth-order valence-corrected chi connectivity index (χ4v) is 10.2.